The van der Waals surface area contributed by atoms with E-state index in [0.717, 1.165) is 28.9 Å². The van der Waals surface area contributed by atoms with Crippen molar-refractivity contribution in [3.8, 4) is 11.1 Å². The van der Waals surface area contributed by atoms with Gasteiger partial charge in [-0.15, -0.1) is 0 Å². The second kappa shape index (κ2) is 7.67. The van der Waals surface area contributed by atoms with Crippen LogP contribution in [-0.2, 0) is 0 Å². The molecular formula is C25H22ClN5. The van der Waals surface area contributed by atoms with Gasteiger partial charge in [-0.3, -0.25) is 15.4 Å². The zero-order valence-electron chi connectivity index (χ0n) is 17.1. The summed E-state index contributed by atoms with van der Waals surface area (Å²) in [4.78, 5) is 6.46. The van der Waals surface area contributed by atoms with Crippen LogP contribution in [0.25, 0.3) is 22.0 Å². The van der Waals surface area contributed by atoms with Gasteiger partial charge in [0.15, 0.2) is 0 Å². The van der Waals surface area contributed by atoms with E-state index < -0.39 is 0 Å². The highest BCUT2D eigenvalue weighted by Crippen LogP contribution is 2.40. The number of anilines is 2. The van der Waals surface area contributed by atoms with Crippen LogP contribution in [0.3, 0.4) is 0 Å². The Bertz CT molecular complexity index is 1350. The van der Waals surface area contributed by atoms with Crippen molar-refractivity contribution < 1.29 is 0 Å². The average molecular weight is 428 g/mol. The number of aromatic nitrogens is 2. The lowest BCUT2D eigenvalue weighted by Gasteiger charge is -2.22. The number of hydrogen-bond donors (Lipinski definition) is 2. The van der Waals surface area contributed by atoms with E-state index in [1.165, 1.54) is 28.5 Å². The maximum atomic E-state index is 8.29. The molecule has 0 atom stereocenters. The molecular weight excluding hydrogens is 406 g/mol. The van der Waals surface area contributed by atoms with Gasteiger partial charge < -0.3 is 4.90 Å². The third-order valence-corrected chi connectivity index (χ3v) is 6.11. The zero-order chi connectivity index (χ0) is 21.5. The number of hydrogen-bond acceptors (Lipinski definition) is 4. The van der Waals surface area contributed by atoms with Crippen molar-refractivity contribution in [1.29, 1.82) is 10.8 Å². The van der Waals surface area contributed by atoms with Gasteiger partial charge in [0.05, 0.1) is 11.9 Å². The molecule has 5 rings (SSSR count). The molecule has 1 heterocycles. The Kier molecular flexibility index (Phi) is 4.83. The predicted octanol–water partition coefficient (Wildman–Crippen LogP) is 5.94. The molecule has 154 valence electrons. The van der Waals surface area contributed by atoms with E-state index in [1.54, 1.807) is 12.1 Å². The summed E-state index contributed by atoms with van der Waals surface area (Å²) in [5.74, 6) is 1.40. The molecule has 2 N–H and O–H groups in total. The normalized spacial score (nSPS) is 13.4. The molecule has 0 bridgehead atoms. The molecule has 0 radical (unpaired) electrons. The highest BCUT2D eigenvalue weighted by Gasteiger charge is 2.23. The monoisotopic (exact) mass is 427 g/mol. The SMILES string of the molecule is CN(c1cccc(-c2ccc(C3CC3)cc2)c1)c1nc(=N)n(C=N)c2cc(Cl)ccc12. The standard InChI is InChI=1S/C25H22ClN5/c1-30(24-22-12-11-20(26)14-23(22)31(15-27)25(28)29-24)21-4-2-3-19(13-21)18-9-7-17(8-10-18)16-5-6-16/h2-4,7-16,27-28H,5-6H2,1H3. The van der Waals surface area contributed by atoms with Gasteiger partial charge >= 0.3 is 0 Å². The molecule has 1 saturated carbocycles. The minimum Gasteiger partial charge on any atom is -0.329 e. The second-order valence-corrected chi connectivity index (χ2v) is 8.36. The average Bonchev–Trinajstić information content (AvgIpc) is 3.64. The Morgan fingerprint density at radius 3 is 2.52 bits per heavy atom. The van der Waals surface area contributed by atoms with Crippen molar-refractivity contribution in [1.82, 2.24) is 9.55 Å². The molecule has 3 aromatic carbocycles. The van der Waals surface area contributed by atoms with E-state index in [0.29, 0.717) is 16.4 Å². The van der Waals surface area contributed by atoms with Gasteiger partial charge in [-0.25, -0.2) is 0 Å². The van der Waals surface area contributed by atoms with Gasteiger partial charge in [-0.1, -0.05) is 48.0 Å². The molecule has 0 amide bonds. The van der Waals surface area contributed by atoms with Crippen molar-refractivity contribution in [2.75, 3.05) is 11.9 Å². The Morgan fingerprint density at radius 1 is 1.03 bits per heavy atom. The predicted molar refractivity (Wildman–Crippen MR) is 127 cm³/mol. The zero-order valence-corrected chi connectivity index (χ0v) is 17.9. The first-order chi connectivity index (χ1) is 15.0. The number of rotatable bonds is 5. The Balaban J connectivity index is 1.57. The highest BCUT2D eigenvalue weighted by molar-refractivity contribution is 6.31. The highest BCUT2D eigenvalue weighted by atomic mass is 35.5. The van der Waals surface area contributed by atoms with Crippen LogP contribution >= 0.6 is 11.6 Å². The van der Waals surface area contributed by atoms with E-state index >= 15 is 0 Å². The Hall–Kier alpha value is -3.44. The number of halogens is 1. The van der Waals surface area contributed by atoms with Crippen LogP contribution in [-0.4, -0.2) is 22.9 Å². The third kappa shape index (κ3) is 3.62. The van der Waals surface area contributed by atoms with Crippen molar-refractivity contribution in [3.63, 3.8) is 0 Å². The molecule has 6 heteroatoms. The Labute approximate surface area is 185 Å². The lowest BCUT2D eigenvalue weighted by Crippen LogP contribution is -2.26. The van der Waals surface area contributed by atoms with Crippen LogP contribution in [0.2, 0.25) is 5.02 Å². The fraction of sp³-hybridized carbons (Fsp3) is 0.160. The molecule has 4 aromatic rings. The third-order valence-electron chi connectivity index (χ3n) is 5.87. The van der Waals surface area contributed by atoms with Gasteiger partial charge in [0, 0.05) is 23.1 Å². The second-order valence-electron chi connectivity index (χ2n) is 7.93. The van der Waals surface area contributed by atoms with E-state index in [-0.39, 0.29) is 5.62 Å². The van der Waals surface area contributed by atoms with Gasteiger partial charge in [0.1, 0.15) is 5.82 Å². The molecule has 0 unspecified atom stereocenters. The fourth-order valence-corrected chi connectivity index (χ4v) is 4.16. The molecule has 31 heavy (non-hydrogen) atoms. The first-order valence-corrected chi connectivity index (χ1v) is 10.6. The minimum absolute atomic E-state index is 0.0153. The summed E-state index contributed by atoms with van der Waals surface area (Å²) in [6, 6.07) is 22.6. The van der Waals surface area contributed by atoms with Gasteiger partial charge in [0.25, 0.3) is 0 Å². The molecule has 5 nitrogen and oxygen atoms in total. The molecule has 0 spiro atoms. The number of nitrogens with zero attached hydrogens (tertiary/aromatic N) is 3. The first kappa shape index (κ1) is 19.5. The molecule has 1 aliphatic carbocycles. The molecule has 1 fully saturated rings. The number of benzene rings is 3. The van der Waals surface area contributed by atoms with E-state index in [2.05, 4.69) is 41.4 Å². The minimum atomic E-state index is -0.0153. The fourth-order valence-electron chi connectivity index (χ4n) is 3.99. The van der Waals surface area contributed by atoms with E-state index in [4.69, 9.17) is 22.4 Å². The lowest BCUT2D eigenvalue weighted by molar-refractivity contribution is 0.915. The summed E-state index contributed by atoms with van der Waals surface area (Å²) in [6.45, 7) is 0. The maximum Gasteiger partial charge on any atom is 0.229 e. The molecule has 0 aliphatic heterocycles. The topological polar surface area (TPSA) is 68.8 Å². The molecule has 0 saturated heterocycles. The summed E-state index contributed by atoms with van der Waals surface area (Å²) in [6.07, 6.45) is 3.70. The van der Waals surface area contributed by atoms with Crippen LogP contribution in [0.4, 0.5) is 11.5 Å². The van der Waals surface area contributed by atoms with Crippen LogP contribution in [0.15, 0.2) is 66.7 Å². The van der Waals surface area contributed by atoms with E-state index in [9.17, 15) is 0 Å². The number of nitrogens with one attached hydrogen (secondary N) is 2. The summed E-state index contributed by atoms with van der Waals surface area (Å²) < 4.78 is 1.41. The van der Waals surface area contributed by atoms with Gasteiger partial charge in [0.2, 0.25) is 5.62 Å². The van der Waals surface area contributed by atoms with Crippen LogP contribution in [0.5, 0.6) is 0 Å². The van der Waals surface area contributed by atoms with Gasteiger partial charge in [-0.05, 0) is 65.8 Å². The summed E-state index contributed by atoms with van der Waals surface area (Å²) in [5, 5.41) is 17.3. The molecule has 1 aliphatic rings. The smallest absolute Gasteiger partial charge is 0.229 e. The van der Waals surface area contributed by atoms with Crippen LogP contribution in [0, 0.1) is 10.8 Å². The van der Waals surface area contributed by atoms with Crippen LogP contribution in [0.1, 0.15) is 24.3 Å². The Morgan fingerprint density at radius 2 is 1.81 bits per heavy atom. The van der Waals surface area contributed by atoms with E-state index in [1.807, 2.05) is 30.1 Å². The summed E-state index contributed by atoms with van der Waals surface area (Å²) in [7, 11) is 1.94. The largest absolute Gasteiger partial charge is 0.329 e. The molecule has 1 aromatic heterocycles. The quantitative estimate of drug-likeness (QED) is 0.306. The van der Waals surface area contributed by atoms with Gasteiger partial charge in [-0.2, -0.15) is 4.98 Å². The van der Waals surface area contributed by atoms with Crippen molar-refractivity contribution in [3.05, 3.63) is 82.9 Å². The first-order valence-electron chi connectivity index (χ1n) is 10.3. The van der Waals surface area contributed by atoms with Crippen molar-refractivity contribution in [2.45, 2.75) is 18.8 Å². The number of fused-ring (bicyclic) bond motifs is 1. The van der Waals surface area contributed by atoms with Crippen molar-refractivity contribution in [2.24, 2.45) is 0 Å². The summed E-state index contributed by atoms with van der Waals surface area (Å²) in [5.41, 5.74) is 5.38. The summed E-state index contributed by atoms with van der Waals surface area (Å²) >= 11 is 6.19. The van der Waals surface area contributed by atoms with Crippen molar-refractivity contribution >= 4 is 40.3 Å². The maximum absolute atomic E-state index is 8.29. The lowest BCUT2D eigenvalue weighted by atomic mass is 10.0. The van der Waals surface area contributed by atoms with Crippen LogP contribution < -0.4 is 10.5 Å².